The van der Waals surface area contributed by atoms with Gasteiger partial charge in [-0.25, -0.2) is 0 Å². The lowest BCUT2D eigenvalue weighted by Gasteiger charge is -2.34. The molecule has 2 aliphatic rings. The highest BCUT2D eigenvalue weighted by molar-refractivity contribution is 5.79. The van der Waals surface area contributed by atoms with Gasteiger partial charge in [-0.05, 0) is 19.8 Å². The molecule has 2 amide bonds. The molecule has 7 nitrogen and oxygen atoms in total. The van der Waals surface area contributed by atoms with Crippen LogP contribution in [0.4, 0.5) is 0 Å². The van der Waals surface area contributed by atoms with Crippen molar-refractivity contribution in [3.8, 4) is 0 Å². The van der Waals surface area contributed by atoms with Crippen molar-refractivity contribution in [2.45, 2.75) is 39.0 Å². The van der Waals surface area contributed by atoms with Gasteiger partial charge in [-0.15, -0.1) is 0 Å². The third-order valence-corrected chi connectivity index (χ3v) is 5.19. The van der Waals surface area contributed by atoms with Gasteiger partial charge in [0.25, 0.3) is 0 Å². The van der Waals surface area contributed by atoms with Gasteiger partial charge in [-0.3, -0.25) is 14.5 Å². The highest BCUT2D eigenvalue weighted by atomic mass is 16.5. The minimum atomic E-state index is 0.0995. The molecular weight excluding hydrogens is 320 g/mol. The largest absolute Gasteiger partial charge is 0.361 e. The van der Waals surface area contributed by atoms with Crippen molar-refractivity contribution in [3.63, 3.8) is 0 Å². The van der Waals surface area contributed by atoms with E-state index in [2.05, 4.69) is 15.4 Å². The van der Waals surface area contributed by atoms with E-state index in [0.29, 0.717) is 18.7 Å². The van der Waals surface area contributed by atoms with Crippen LogP contribution >= 0.6 is 0 Å². The Hall–Kier alpha value is -1.89. The Balaban J connectivity index is 1.32. The minimum absolute atomic E-state index is 0.0995. The molecule has 1 aromatic heterocycles. The van der Waals surface area contributed by atoms with Crippen LogP contribution in [-0.4, -0.2) is 66.0 Å². The second kappa shape index (κ2) is 8.47. The molecule has 2 heterocycles. The number of hydrogen-bond acceptors (Lipinski definition) is 5. The zero-order chi connectivity index (χ0) is 17.6. The fraction of sp³-hybridized carbons (Fsp3) is 0.722. The van der Waals surface area contributed by atoms with Crippen LogP contribution in [0.3, 0.4) is 0 Å². The van der Waals surface area contributed by atoms with E-state index in [-0.39, 0.29) is 17.7 Å². The number of carbonyl (C=O) groups is 2. The second-order valence-electron chi connectivity index (χ2n) is 7.10. The monoisotopic (exact) mass is 348 g/mol. The van der Waals surface area contributed by atoms with Gasteiger partial charge in [0.1, 0.15) is 5.76 Å². The van der Waals surface area contributed by atoms with Crippen molar-refractivity contribution < 1.29 is 14.1 Å². The Morgan fingerprint density at radius 1 is 1.24 bits per heavy atom. The van der Waals surface area contributed by atoms with E-state index in [9.17, 15) is 9.59 Å². The maximum absolute atomic E-state index is 12.3. The summed E-state index contributed by atoms with van der Waals surface area (Å²) in [7, 11) is 0. The highest BCUT2D eigenvalue weighted by Crippen LogP contribution is 2.24. The maximum Gasteiger partial charge on any atom is 0.228 e. The van der Waals surface area contributed by atoms with Gasteiger partial charge < -0.3 is 14.7 Å². The Morgan fingerprint density at radius 2 is 1.96 bits per heavy atom. The van der Waals surface area contributed by atoms with Crippen LogP contribution in [0.25, 0.3) is 0 Å². The Labute approximate surface area is 148 Å². The van der Waals surface area contributed by atoms with Gasteiger partial charge in [-0.1, -0.05) is 18.0 Å². The topological polar surface area (TPSA) is 78.7 Å². The third kappa shape index (κ3) is 5.04. The lowest BCUT2D eigenvalue weighted by molar-refractivity contribution is -0.132. The average Bonchev–Trinajstić information content (AvgIpc) is 3.27. The number of nitrogens with one attached hydrogen (secondary N) is 1. The van der Waals surface area contributed by atoms with Crippen LogP contribution in [0, 0.1) is 12.8 Å². The summed E-state index contributed by atoms with van der Waals surface area (Å²) in [5, 5.41) is 6.94. The molecule has 1 aliphatic heterocycles. The van der Waals surface area contributed by atoms with Crippen LogP contribution in [0.15, 0.2) is 10.6 Å². The molecule has 3 rings (SSSR count). The molecule has 0 atom stereocenters. The number of aromatic nitrogens is 1. The molecule has 1 aliphatic carbocycles. The van der Waals surface area contributed by atoms with Crippen molar-refractivity contribution in [1.82, 2.24) is 20.3 Å². The average molecular weight is 348 g/mol. The van der Waals surface area contributed by atoms with E-state index in [4.69, 9.17) is 4.52 Å². The lowest BCUT2D eigenvalue weighted by Crippen LogP contribution is -2.50. The molecule has 0 aromatic carbocycles. The van der Waals surface area contributed by atoms with Gasteiger partial charge in [0.2, 0.25) is 11.8 Å². The van der Waals surface area contributed by atoms with E-state index in [1.54, 1.807) is 6.07 Å². The van der Waals surface area contributed by atoms with Gasteiger partial charge in [0.15, 0.2) is 0 Å². The van der Waals surface area contributed by atoms with E-state index >= 15 is 0 Å². The van der Waals surface area contributed by atoms with Crippen molar-refractivity contribution in [1.29, 1.82) is 0 Å². The van der Waals surface area contributed by atoms with Gasteiger partial charge in [0.05, 0.1) is 12.1 Å². The molecule has 1 N–H and O–H groups in total. The molecule has 0 unspecified atom stereocenters. The summed E-state index contributed by atoms with van der Waals surface area (Å²) in [6.07, 6.45) is 4.74. The number of nitrogens with zero attached hydrogens (tertiary/aromatic N) is 3. The lowest BCUT2D eigenvalue weighted by atomic mass is 10.1. The van der Waals surface area contributed by atoms with Gasteiger partial charge in [0, 0.05) is 51.3 Å². The van der Waals surface area contributed by atoms with Crippen molar-refractivity contribution in [2.75, 3.05) is 39.3 Å². The minimum Gasteiger partial charge on any atom is -0.361 e. The quantitative estimate of drug-likeness (QED) is 0.829. The fourth-order valence-electron chi connectivity index (χ4n) is 3.66. The Morgan fingerprint density at radius 3 is 2.60 bits per heavy atom. The standard InChI is InChI=1S/C18H28N4O3/c1-14-12-16(20-25-14)13-17(23)22-10-8-21(9-11-22)7-6-19-18(24)15-4-2-3-5-15/h12,15H,2-11,13H2,1H3,(H,19,24). The number of aryl methyl sites for hydroxylation is 1. The van der Waals surface area contributed by atoms with Crippen LogP contribution in [0.5, 0.6) is 0 Å². The van der Waals surface area contributed by atoms with Crippen molar-refractivity contribution >= 4 is 11.8 Å². The van der Waals surface area contributed by atoms with E-state index < -0.39 is 0 Å². The van der Waals surface area contributed by atoms with Crippen molar-refractivity contribution in [3.05, 3.63) is 17.5 Å². The van der Waals surface area contributed by atoms with E-state index in [1.807, 2.05) is 11.8 Å². The summed E-state index contributed by atoms with van der Waals surface area (Å²) >= 11 is 0. The molecule has 2 fully saturated rings. The summed E-state index contributed by atoms with van der Waals surface area (Å²) in [5.41, 5.74) is 0.694. The normalized spacial score (nSPS) is 19.3. The number of piperazine rings is 1. The zero-order valence-corrected chi connectivity index (χ0v) is 15.0. The molecule has 1 saturated carbocycles. The predicted molar refractivity (Wildman–Crippen MR) is 92.9 cm³/mol. The molecule has 138 valence electrons. The molecule has 7 heteroatoms. The van der Waals surface area contributed by atoms with E-state index in [0.717, 1.165) is 51.3 Å². The summed E-state index contributed by atoms with van der Waals surface area (Å²) in [6, 6.07) is 1.81. The zero-order valence-electron chi connectivity index (χ0n) is 15.0. The summed E-state index contributed by atoms with van der Waals surface area (Å²) in [5.74, 6) is 1.28. The molecule has 0 bridgehead atoms. The first-order chi connectivity index (χ1) is 12.1. The molecule has 1 aromatic rings. The number of carbonyl (C=O) groups excluding carboxylic acids is 2. The SMILES string of the molecule is Cc1cc(CC(=O)N2CCN(CCNC(=O)C3CCCC3)CC2)no1. The van der Waals surface area contributed by atoms with Crippen LogP contribution < -0.4 is 5.32 Å². The summed E-state index contributed by atoms with van der Waals surface area (Å²) in [6.45, 7) is 6.53. The van der Waals surface area contributed by atoms with Crippen LogP contribution in [-0.2, 0) is 16.0 Å². The molecule has 1 saturated heterocycles. The first-order valence-corrected chi connectivity index (χ1v) is 9.32. The maximum atomic E-state index is 12.3. The summed E-state index contributed by atoms with van der Waals surface area (Å²) < 4.78 is 5.01. The first kappa shape index (κ1) is 17.9. The second-order valence-corrected chi connectivity index (χ2v) is 7.10. The Bertz CT molecular complexity index is 587. The van der Waals surface area contributed by atoms with E-state index in [1.165, 1.54) is 12.8 Å². The first-order valence-electron chi connectivity index (χ1n) is 9.32. The van der Waals surface area contributed by atoms with Gasteiger partial charge in [-0.2, -0.15) is 0 Å². The fourth-order valence-corrected chi connectivity index (χ4v) is 3.66. The molecule has 0 spiro atoms. The number of amides is 2. The van der Waals surface area contributed by atoms with Gasteiger partial charge >= 0.3 is 0 Å². The third-order valence-electron chi connectivity index (χ3n) is 5.19. The highest BCUT2D eigenvalue weighted by Gasteiger charge is 2.24. The molecular formula is C18H28N4O3. The smallest absolute Gasteiger partial charge is 0.228 e. The number of hydrogen-bond donors (Lipinski definition) is 1. The predicted octanol–water partition coefficient (Wildman–Crippen LogP) is 0.976. The Kier molecular flexibility index (Phi) is 6.07. The molecule has 25 heavy (non-hydrogen) atoms. The number of rotatable bonds is 6. The summed E-state index contributed by atoms with van der Waals surface area (Å²) in [4.78, 5) is 28.5. The van der Waals surface area contributed by atoms with Crippen LogP contribution in [0.1, 0.15) is 37.1 Å². The molecule has 0 radical (unpaired) electrons. The van der Waals surface area contributed by atoms with Crippen molar-refractivity contribution in [2.24, 2.45) is 5.92 Å². The van der Waals surface area contributed by atoms with Crippen LogP contribution in [0.2, 0.25) is 0 Å².